The standard InChI is InChI=1S/C26H20N2O5/c1-26(2)32-24(29)20(25(30)33-26)15-27-19-12-13-22-21(14-19)28-23(31-22)18-10-8-17(9-11-18)16-6-4-3-5-7-16/h3-15,27H,1-2H3. The molecule has 0 atom stereocenters. The Morgan fingerprint density at radius 3 is 2.15 bits per heavy atom. The average molecular weight is 440 g/mol. The Balaban J connectivity index is 1.36. The predicted octanol–water partition coefficient (Wildman–Crippen LogP) is 5.29. The molecule has 0 bridgehead atoms. The Morgan fingerprint density at radius 2 is 1.45 bits per heavy atom. The summed E-state index contributed by atoms with van der Waals surface area (Å²) in [7, 11) is 0. The summed E-state index contributed by atoms with van der Waals surface area (Å²) >= 11 is 0. The molecule has 0 aliphatic carbocycles. The maximum atomic E-state index is 12.1. The largest absolute Gasteiger partial charge is 0.436 e. The summed E-state index contributed by atoms with van der Waals surface area (Å²) in [6.45, 7) is 3.00. The van der Waals surface area contributed by atoms with Crippen LogP contribution in [0.2, 0.25) is 0 Å². The first kappa shape index (κ1) is 20.5. The predicted molar refractivity (Wildman–Crippen MR) is 123 cm³/mol. The van der Waals surface area contributed by atoms with E-state index >= 15 is 0 Å². The first-order chi connectivity index (χ1) is 15.9. The number of fused-ring (bicyclic) bond motifs is 1. The quantitative estimate of drug-likeness (QED) is 0.262. The number of anilines is 1. The summed E-state index contributed by atoms with van der Waals surface area (Å²) in [4.78, 5) is 28.7. The number of nitrogens with zero attached hydrogens (tertiary/aromatic N) is 1. The number of oxazole rings is 1. The van der Waals surface area contributed by atoms with Gasteiger partial charge in [-0.1, -0.05) is 42.5 Å². The zero-order valence-electron chi connectivity index (χ0n) is 18.0. The van der Waals surface area contributed by atoms with E-state index in [9.17, 15) is 9.59 Å². The number of hydrogen-bond acceptors (Lipinski definition) is 7. The number of carbonyl (C=O) groups is 2. The van der Waals surface area contributed by atoms with E-state index in [0.717, 1.165) is 16.7 Å². The summed E-state index contributed by atoms with van der Waals surface area (Å²) in [5.41, 5.74) is 4.77. The smallest absolute Gasteiger partial charge is 0.350 e. The number of nitrogens with one attached hydrogen (secondary N) is 1. The number of esters is 2. The highest BCUT2D eigenvalue weighted by atomic mass is 16.7. The number of benzene rings is 3. The van der Waals surface area contributed by atoms with E-state index in [1.807, 2.05) is 42.5 Å². The van der Waals surface area contributed by atoms with Crippen LogP contribution in [0.3, 0.4) is 0 Å². The van der Waals surface area contributed by atoms with Crippen LogP contribution >= 0.6 is 0 Å². The maximum Gasteiger partial charge on any atom is 0.350 e. The Hall–Kier alpha value is -4.39. The second-order valence-corrected chi connectivity index (χ2v) is 8.03. The number of carbonyl (C=O) groups excluding carboxylic acids is 2. The Bertz CT molecular complexity index is 1360. The fourth-order valence-electron chi connectivity index (χ4n) is 3.51. The van der Waals surface area contributed by atoms with Crippen molar-refractivity contribution >= 4 is 28.7 Å². The Morgan fingerprint density at radius 1 is 0.818 bits per heavy atom. The van der Waals surface area contributed by atoms with Gasteiger partial charge in [0, 0.05) is 31.3 Å². The average Bonchev–Trinajstić information content (AvgIpc) is 3.22. The number of hydrogen-bond donors (Lipinski definition) is 1. The van der Waals surface area contributed by atoms with E-state index in [2.05, 4.69) is 22.4 Å². The molecule has 0 amide bonds. The molecule has 4 aromatic rings. The van der Waals surface area contributed by atoms with Crippen molar-refractivity contribution in [3.63, 3.8) is 0 Å². The van der Waals surface area contributed by atoms with Crippen LogP contribution in [0.25, 0.3) is 33.7 Å². The van der Waals surface area contributed by atoms with Crippen LogP contribution in [0, 0.1) is 0 Å². The topological polar surface area (TPSA) is 90.7 Å². The lowest BCUT2D eigenvalue weighted by molar-refractivity contribution is -0.222. The van der Waals surface area contributed by atoms with E-state index in [1.54, 1.807) is 18.2 Å². The molecule has 1 saturated heterocycles. The zero-order chi connectivity index (χ0) is 23.0. The lowest BCUT2D eigenvalue weighted by atomic mass is 10.0. The maximum absolute atomic E-state index is 12.1. The van der Waals surface area contributed by atoms with Gasteiger partial charge in [-0.15, -0.1) is 0 Å². The molecule has 7 heteroatoms. The molecule has 0 spiro atoms. The van der Waals surface area contributed by atoms with E-state index < -0.39 is 17.7 Å². The summed E-state index contributed by atoms with van der Waals surface area (Å²) < 4.78 is 16.1. The molecule has 1 aromatic heterocycles. The van der Waals surface area contributed by atoms with Gasteiger partial charge in [0.1, 0.15) is 5.52 Å². The molecule has 5 rings (SSSR count). The van der Waals surface area contributed by atoms with Gasteiger partial charge in [-0.25, -0.2) is 14.6 Å². The summed E-state index contributed by atoms with van der Waals surface area (Å²) in [5, 5.41) is 2.92. The highest BCUT2D eigenvalue weighted by Gasteiger charge is 2.38. The number of rotatable bonds is 4. The second-order valence-electron chi connectivity index (χ2n) is 8.03. The van der Waals surface area contributed by atoms with Gasteiger partial charge < -0.3 is 19.2 Å². The molecule has 1 fully saturated rings. The van der Waals surface area contributed by atoms with Crippen molar-refractivity contribution in [3.05, 3.63) is 84.6 Å². The number of aromatic nitrogens is 1. The van der Waals surface area contributed by atoms with Crippen LogP contribution in [-0.2, 0) is 19.1 Å². The molecule has 1 aliphatic rings. The minimum atomic E-state index is -1.28. The molecule has 164 valence electrons. The molecule has 0 radical (unpaired) electrons. The van der Waals surface area contributed by atoms with Crippen molar-refractivity contribution in [2.45, 2.75) is 19.6 Å². The van der Waals surface area contributed by atoms with Gasteiger partial charge in [0.2, 0.25) is 5.89 Å². The highest BCUT2D eigenvalue weighted by Crippen LogP contribution is 2.29. The Labute approximate surface area is 189 Å². The molecule has 0 saturated carbocycles. The van der Waals surface area contributed by atoms with Crippen molar-refractivity contribution in [3.8, 4) is 22.6 Å². The lowest BCUT2D eigenvalue weighted by Crippen LogP contribution is -2.42. The van der Waals surface area contributed by atoms with E-state index in [4.69, 9.17) is 13.9 Å². The van der Waals surface area contributed by atoms with Gasteiger partial charge >= 0.3 is 11.9 Å². The minimum absolute atomic E-state index is 0.214. The summed E-state index contributed by atoms with van der Waals surface area (Å²) in [6, 6.07) is 23.4. The van der Waals surface area contributed by atoms with Gasteiger partial charge in [0.25, 0.3) is 5.79 Å². The van der Waals surface area contributed by atoms with Crippen LogP contribution in [0.15, 0.2) is 89.0 Å². The fourth-order valence-corrected chi connectivity index (χ4v) is 3.51. The van der Waals surface area contributed by atoms with Crippen LogP contribution in [0.4, 0.5) is 5.69 Å². The van der Waals surface area contributed by atoms with Gasteiger partial charge in [0.05, 0.1) is 0 Å². The number of cyclic esters (lactones) is 2. The van der Waals surface area contributed by atoms with Gasteiger partial charge in [-0.3, -0.25) is 0 Å². The van der Waals surface area contributed by atoms with Crippen molar-refractivity contribution in [2.75, 3.05) is 5.32 Å². The van der Waals surface area contributed by atoms with Crippen LogP contribution in [0.5, 0.6) is 0 Å². The first-order valence-corrected chi connectivity index (χ1v) is 10.4. The molecular formula is C26H20N2O5. The van der Waals surface area contributed by atoms with Crippen molar-refractivity contribution in [1.82, 2.24) is 4.98 Å². The molecule has 3 aromatic carbocycles. The van der Waals surface area contributed by atoms with Gasteiger partial charge in [0.15, 0.2) is 11.2 Å². The lowest BCUT2D eigenvalue weighted by Gasteiger charge is -2.29. The summed E-state index contributed by atoms with van der Waals surface area (Å²) in [5.74, 6) is -2.26. The SMILES string of the molecule is CC1(C)OC(=O)C(=CNc2ccc3oc(-c4ccc(-c5ccccc5)cc4)nc3c2)C(=O)O1. The molecule has 7 nitrogen and oxygen atoms in total. The highest BCUT2D eigenvalue weighted by molar-refractivity contribution is 6.15. The third-order valence-electron chi connectivity index (χ3n) is 5.13. The fraction of sp³-hybridized carbons (Fsp3) is 0.115. The van der Waals surface area contributed by atoms with E-state index in [0.29, 0.717) is 22.7 Å². The van der Waals surface area contributed by atoms with Crippen molar-refractivity contribution < 1.29 is 23.5 Å². The van der Waals surface area contributed by atoms with E-state index in [1.165, 1.54) is 20.0 Å². The van der Waals surface area contributed by atoms with Crippen LogP contribution < -0.4 is 5.32 Å². The molecule has 1 N–H and O–H groups in total. The van der Waals surface area contributed by atoms with Crippen molar-refractivity contribution in [2.24, 2.45) is 0 Å². The molecule has 1 aliphatic heterocycles. The Kier molecular flexibility index (Phi) is 4.94. The van der Waals surface area contributed by atoms with Crippen LogP contribution in [0.1, 0.15) is 13.8 Å². The third kappa shape index (κ3) is 4.21. The molecule has 2 heterocycles. The third-order valence-corrected chi connectivity index (χ3v) is 5.13. The first-order valence-electron chi connectivity index (χ1n) is 10.4. The molecule has 33 heavy (non-hydrogen) atoms. The monoisotopic (exact) mass is 440 g/mol. The second kappa shape index (κ2) is 7.94. The minimum Gasteiger partial charge on any atom is -0.436 e. The normalized spacial score (nSPS) is 15.2. The van der Waals surface area contributed by atoms with E-state index in [-0.39, 0.29) is 5.57 Å². The van der Waals surface area contributed by atoms with Crippen molar-refractivity contribution in [1.29, 1.82) is 0 Å². The van der Waals surface area contributed by atoms with Crippen LogP contribution in [-0.4, -0.2) is 22.7 Å². The molecular weight excluding hydrogens is 420 g/mol. The number of ether oxygens (including phenoxy) is 2. The molecule has 0 unspecified atom stereocenters. The van der Waals surface area contributed by atoms with Gasteiger partial charge in [-0.2, -0.15) is 0 Å². The van der Waals surface area contributed by atoms with Gasteiger partial charge in [-0.05, 0) is 41.5 Å². The summed E-state index contributed by atoms with van der Waals surface area (Å²) in [6.07, 6.45) is 1.27. The zero-order valence-corrected chi connectivity index (χ0v) is 18.0.